The largest absolute Gasteiger partial charge is 0.379 e. The van der Waals surface area contributed by atoms with Gasteiger partial charge in [0.1, 0.15) is 5.82 Å². The molecule has 0 unspecified atom stereocenters. The molecule has 0 bridgehead atoms. The molecule has 0 saturated carbocycles. The average molecular weight is 328 g/mol. The Morgan fingerprint density at radius 2 is 2.08 bits per heavy atom. The molecule has 0 radical (unpaired) electrons. The standard InChI is InChI=1S/C18H24N4O2/c1-12-10-24-11-17(12)21-18(23)20-16-6-4-15(5-7-16)13(2)22-9-8-19-14(22)3/h4-9,12-13,17H,10-11H2,1-3H3,(H2,20,21,23)/t12-,13+,17-/m0/s1. The van der Waals surface area contributed by atoms with E-state index in [4.69, 9.17) is 4.74 Å². The zero-order valence-corrected chi connectivity index (χ0v) is 14.3. The molecule has 1 aliphatic heterocycles. The van der Waals surface area contributed by atoms with Crippen molar-refractivity contribution in [3.05, 3.63) is 48.0 Å². The summed E-state index contributed by atoms with van der Waals surface area (Å²) >= 11 is 0. The SMILES string of the molecule is Cc1nccn1[C@H](C)c1ccc(NC(=O)N[C@H]2COC[C@@H]2C)cc1. The molecule has 2 aromatic rings. The van der Waals surface area contributed by atoms with Gasteiger partial charge in [-0.05, 0) is 31.5 Å². The van der Waals surface area contributed by atoms with Crippen LogP contribution in [0.15, 0.2) is 36.7 Å². The van der Waals surface area contributed by atoms with E-state index in [0.717, 1.165) is 11.5 Å². The molecule has 1 fully saturated rings. The fourth-order valence-corrected chi connectivity index (χ4v) is 2.98. The molecule has 3 rings (SSSR count). The number of carbonyl (C=O) groups excluding carboxylic acids is 1. The third kappa shape index (κ3) is 3.59. The van der Waals surface area contributed by atoms with Crippen molar-refractivity contribution >= 4 is 11.7 Å². The Kier molecular flexibility index (Phi) is 4.85. The first kappa shape index (κ1) is 16.5. The van der Waals surface area contributed by atoms with E-state index in [2.05, 4.69) is 34.0 Å². The first-order valence-corrected chi connectivity index (χ1v) is 8.29. The second-order valence-corrected chi connectivity index (χ2v) is 6.40. The minimum absolute atomic E-state index is 0.0773. The van der Waals surface area contributed by atoms with E-state index in [1.54, 1.807) is 6.20 Å². The maximum atomic E-state index is 12.1. The van der Waals surface area contributed by atoms with Gasteiger partial charge >= 0.3 is 6.03 Å². The number of hydrogen-bond donors (Lipinski definition) is 2. The maximum Gasteiger partial charge on any atom is 0.319 e. The summed E-state index contributed by atoms with van der Waals surface area (Å²) in [5.41, 5.74) is 1.94. The molecule has 128 valence electrons. The van der Waals surface area contributed by atoms with Crippen LogP contribution in [0.4, 0.5) is 10.5 Å². The minimum atomic E-state index is -0.191. The number of imidazole rings is 1. The van der Waals surface area contributed by atoms with E-state index in [0.29, 0.717) is 19.1 Å². The van der Waals surface area contributed by atoms with Crippen LogP contribution in [0.1, 0.15) is 31.3 Å². The number of anilines is 1. The predicted octanol–water partition coefficient (Wildman–Crippen LogP) is 2.96. The van der Waals surface area contributed by atoms with E-state index < -0.39 is 0 Å². The molecule has 1 aliphatic rings. The lowest BCUT2D eigenvalue weighted by Crippen LogP contribution is -2.41. The quantitative estimate of drug-likeness (QED) is 0.907. The highest BCUT2D eigenvalue weighted by molar-refractivity contribution is 5.89. The number of hydrogen-bond acceptors (Lipinski definition) is 3. The number of urea groups is 1. The van der Waals surface area contributed by atoms with Crippen molar-refractivity contribution in [3.8, 4) is 0 Å². The normalized spacial score (nSPS) is 21.5. The summed E-state index contributed by atoms with van der Waals surface area (Å²) in [6.07, 6.45) is 3.78. The fourth-order valence-electron chi connectivity index (χ4n) is 2.98. The van der Waals surface area contributed by atoms with E-state index in [1.807, 2.05) is 37.4 Å². The number of nitrogens with zero attached hydrogens (tertiary/aromatic N) is 2. The molecular weight excluding hydrogens is 304 g/mol. The van der Waals surface area contributed by atoms with Gasteiger partial charge in [-0.3, -0.25) is 0 Å². The van der Waals surface area contributed by atoms with Crippen molar-refractivity contribution < 1.29 is 9.53 Å². The third-order valence-electron chi connectivity index (χ3n) is 4.61. The van der Waals surface area contributed by atoms with Crippen LogP contribution in [0.2, 0.25) is 0 Å². The number of nitrogens with one attached hydrogen (secondary N) is 2. The number of amides is 2. The maximum absolute atomic E-state index is 12.1. The highest BCUT2D eigenvalue weighted by Crippen LogP contribution is 2.21. The van der Waals surface area contributed by atoms with Gasteiger partial charge in [0.25, 0.3) is 0 Å². The Labute approximate surface area is 142 Å². The monoisotopic (exact) mass is 328 g/mol. The second kappa shape index (κ2) is 7.05. The molecule has 0 aliphatic carbocycles. The summed E-state index contributed by atoms with van der Waals surface area (Å²) in [7, 11) is 0. The molecule has 3 atom stereocenters. The molecule has 1 saturated heterocycles. The Hall–Kier alpha value is -2.34. The molecule has 6 nitrogen and oxygen atoms in total. The molecular formula is C18H24N4O2. The Bertz CT molecular complexity index is 695. The van der Waals surface area contributed by atoms with Crippen molar-refractivity contribution in [3.63, 3.8) is 0 Å². The highest BCUT2D eigenvalue weighted by Gasteiger charge is 2.25. The molecule has 2 N–H and O–H groups in total. The lowest BCUT2D eigenvalue weighted by atomic mass is 10.1. The van der Waals surface area contributed by atoms with Gasteiger partial charge in [-0.2, -0.15) is 0 Å². The Morgan fingerprint density at radius 3 is 2.67 bits per heavy atom. The van der Waals surface area contributed by atoms with Crippen molar-refractivity contribution in [1.82, 2.24) is 14.9 Å². The number of ether oxygens (including phenoxy) is 1. The van der Waals surface area contributed by atoms with Gasteiger partial charge in [0, 0.05) is 24.0 Å². The van der Waals surface area contributed by atoms with Crippen molar-refractivity contribution in [1.29, 1.82) is 0 Å². The lowest BCUT2D eigenvalue weighted by molar-refractivity contribution is 0.184. The summed E-state index contributed by atoms with van der Waals surface area (Å²) < 4.78 is 7.48. The van der Waals surface area contributed by atoms with Crippen LogP contribution in [0.5, 0.6) is 0 Å². The van der Waals surface area contributed by atoms with Crippen LogP contribution in [0.3, 0.4) is 0 Å². The van der Waals surface area contributed by atoms with E-state index in [9.17, 15) is 4.79 Å². The third-order valence-corrected chi connectivity index (χ3v) is 4.61. The van der Waals surface area contributed by atoms with Crippen LogP contribution in [-0.2, 0) is 4.74 Å². The highest BCUT2D eigenvalue weighted by atomic mass is 16.5. The van der Waals surface area contributed by atoms with Crippen LogP contribution >= 0.6 is 0 Å². The van der Waals surface area contributed by atoms with Gasteiger partial charge in [-0.25, -0.2) is 9.78 Å². The minimum Gasteiger partial charge on any atom is -0.379 e. The Morgan fingerprint density at radius 1 is 1.33 bits per heavy atom. The van der Waals surface area contributed by atoms with Crippen molar-refractivity contribution in [2.75, 3.05) is 18.5 Å². The first-order valence-electron chi connectivity index (χ1n) is 8.29. The van der Waals surface area contributed by atoms with Gasteiger partial charge in [-0.1, -0.05) is 19.1 Å². The van der Waals surface area contributed by atoms with Crippen LogP contribution in [-0.4, -0.2) is 34.8 Å². The van der Waals surface area contributed by atoms with Crippen LogP contribution < -0.4 is 10.6 Å². The average Bonchev–Trinajstić information content (AvgIpc) is 3.16. The number of aryl methyl sites for hydroxylation is 1. The summed E-state index contributed by atoms with van der Waals surface area (Å²) in [5.74, 6) is 1.33. The second-order valence-electron chi connectivity index (χ2n) is 6.40. The van der Waals surface area contributed by atoms with Gasteiger partial charge in [0.05, 0.1) is 25.3 Å². The molecule has 1 aromatic heterocycles. The molecule has 1 aromatic carbocycles. The number of aromatic nitrogens is 2. The van der Waals surface area contributed by atoms with E-state index >= 15 is 0 Å². The zero-order valence-electron chi connectivity index (χ0n) is 14.3. The predicted molar refractivity (Wildman–Crippen MR) is 93.1 cm³/mol. The summed E-state index contributed by atoms with van der Waals surface area (Å²) in [6.45, 7) is 7.47. The molecule has 2 heterocycles. The summed E-state index contributed by atoms with van der Waals surface area (Å²) in [4.78, 5) is 16.3. The van der Waals surface area contributed by atoms with Crippen LogP contribution in [0.25, 0.3) is 0 Å². The van der Waals surface area contributed by atoms with Crippen LogP contribution in [0, 0.1) is 12.8 Å². The number of benzene rings is 1. The van der Waals surface area contributed by atoms with Crippen molar-refractivity contribution in [2.45, 2.75) is 32.9 Å². The smallest absolute Gasteiger partial charge is 0.319 e. The number of carbonyl (C=O) groups is 1. The molecule has 6 heteroatoms. The molecule has 2 amide bonds. The van der Waals surface area contributed by atoms with Gasteiger partial charge in [0.15, 0.2) is 0 Å². The lowest BCUT2D eigenvalue weighted by Gasteiger charge is -2.17. The summed E-state index contributed by atoms with van der Waals surface area (Å²) in [6, 6.07) is 7.99. The topological polar surface area (TPSA) is 68.2 Å². The van der Waals surface area contributed by atoms with Crippen molar-refractivity contribution in [2.24, 2.45) is 5.92 Å². The Balaban J connectivity index is 1.60. The van der Waals surface area contributed by atoms with Gasteiger partial charge in [0.2, 0.25) is 0 Å². The zero-order chi connectivity index (χ0) is 17.1. The molecule has 0 spiro atoms. The van der Waals surface area contributed by atoms with E-state index in [-0.39, 0.29) is 18.1 Å². The summed E-state index contributed by atoms with van der Waals surface area (Å²) in [5, 5.41) is 5.83. The fraction of sp³-hybridized carbons (Fsp3) is 0.444. The van der Waals surface area contributed by atoms with E-state index in [1.165, 1.54) is 5.56 Å². The molecule has 24 heavy (non-hydrogen) atoms. The number of rotatable bonds is 4. The first-order chi connectivity index (χ1) is 11.5. The van der Waals surface area contributed by atoms with Gasteiger partial charge < -0.3 is 19.9 Å². The van der Waals surface area contributed by atoms with Gasteiger partial charge in [-0.15, -0.1) is 0 Å².